The summed E-state index contributed by atoms with van der Waals surface area (Å²) in [6.07, 6.45) is 2.60. The van der Waals surface area contributed by atoms with Crippen molar-refractivity contribution in [1.29, 1.82) is 0 Å². The number of primary sulfonamides is 1. The van der Waals surface area contributed by atoms with E-state index in [-0.39, 0.29) is 33.9 Å². The molecule has 11 heteroatoms. The van der Waals surface area contributed by atoms with Crippen LogP contribution in [0, 0.1) is 5.82 Å². The Morgan fingerprint density at radius 2 is 1.77 bits per heavy atom. The van der Waals surface area contributed by atoms with Gasteiger partial charge in [-0.3, -0.25) is 15.2 Å². The zero-order valence-corrected chi connectivity index (χ0v) is 20.6. The molecule has 0 spiro atoms. The molecule has 0 saturated carbocycles. The van der Waals surface area contributed by atoms with Crippen LogP contribution in [0.2, 0.25) is 5.02 Å². The van der Waals surface area contributed by atoms with Gasteiger partial charge in [-0.05, 0) is 48.6 Å². The number of carbonyl (C=O) groups excluding carboxylic acids is 1. The Morgan fingerprint density at radius 3 is 2.37 bits per heavy atom. The largest absolute Gasteiger partial charge is 0.338 e. The zero-order valence-electron chi connectivity index (χ0n) is 19.0. The summed E-state index contributed by atoms with van der Waals surface area (Å²) in [7, 11) is -2.50. The molecule has 0 unspecified atom stereocenters. The third-order valence-electron chi connectivity index (χ3n) is 6.03. The molecule has 1 aromatic heterocycles. The molecule has 1 saturated heterocycles. The number of nitrogens with two attached hydrogens (primary N) is 1. The molecule has 35 heavy (non-hydrogen) atoms. The van der Waals surface area contributed by atoms with Gasteiger partial charge in [0.15, 0.2) is 5.03 Å². The average Bonchev–Trinajstić information content (AvgIpc) is 2.85. The predicted octanol–water partition coefficient (Wildman–Crippen LogP) is 4.00. The maximum absolute atomic E-state index is 13.5. The summed E-state index contributed by atoms with van der Waals surface area (Å²) in [6, 6.07) is 15.6. The highest BCUT2D eigenvalue weighted by Crippen LogP contribution is 2.34. The Hall–Kier alpha value is -3.21. The molecular weight excluding hydrogens is 493 g/mol. The van der Waals surface area contributed by atoms with Gasteiger partial charge in [0.25, 0.3) is 15.9 Å². The van der Waals surface area contributed by atoms with Crippen LogP contribution in [0.1, 0.15) is 34.7 Å². The highest BCUT2D eigenvalue weighted by molar-refractivity contribution is 7.89. The first-order chi connectivity index (χ1) is 16.6. The first-order valence-electron chi connectivity index (χ1n) is 11.0. The van der Waals surface area contributed by atoms with Crippen LogP contribution in [-0.4, -0.2) is 44.3 Å². The van der Waals surface area contributed by atoms with Crippen molar-refractivity contribution < 1.29 is 17.6 Å². The van der Waals surface area contributed by atoms with E-state index in [1.54, 1.807) is 29.1 Å². The van der Waals surface area contributed by atoms with Gasteiger partial charge in [-0.25, -0.2) is 22.9 Å². The van der Waals surface area contributed by atoms with Gasteiger partial charge in [0.1, 0.15) is 10.8 Å². The highest BCUT2D eigenvalue weighted by atomic mass is 35.5. The number of anilines is 2. The number of sulfonamides is 1. The first kappa shape index (κ1) is 24.9. The van der Waals surface area contributed by atoms with Gasteiger partial charge in [0.05, 0.1) is 16.9 Å². The van der Waals surface area contributed by atoms with E-state index in [4.69, 9.17) is 16.7 Å². The number of para-hydroxylation sites is 1. The molecule has 3 aromatic rings. The topological polar surface area (TPSA) is 109 Å². The van der Waals surface area contributed by atoms with Gasteiger partial charge in [-0.2, -0.15) is 0 Å². The van der Waals surface area contributed by atoms with Crippen LogP contribution in [0.25, 0.3) is 0 Å². The van der Waals surface area contributed by atoms with Crippen LogP contribution in [0.4, 0.5) is 15.8 Å². The van der Waals surface area contributed by atoms with Crippen molar-refractivity contribution >= 4 is 38.9 Å². The number of hydrogen-bond donors (Lipinski definition) is 2. The molecule has 0 atom stereocenters. The molecule has 1 fully saturated rings. The van der Waals surface area contributed by atoms with Crippen molar-refractivity contribution in [2.24, 2.45) is 5.14 Å². The maximum Gasteiger partial charge on any atom is 0.257 e. The second-order valence-corrected chi connectivity index (χ2v) is 10.2. The third kappa shape index (κ3) is 5.55. The normalized spacial score (nSPS) is 14.6. The highest BCUT2D eigenvalue weighted by Gasteiger charge is 2.30. The van der Waals surface area contributed by atoms with Crippen LogP contribution in [0.3, 0.4) is 0 Å². The summed E-state index contributed by atoms with van der Waals surface area (Å²) in [6.45, 7) is 0.951. The van der Waals surface area contributed by atoms with E-state index < -0.39 is 15.0 Å². The minimum atomic E-state index is -4.22. The van der Waals surface area contributed by atoms with E-state index in [9.17, 15) is 17.6 Å². The number of rotatable bonds is 6. The van der Waals surface area contributed by atoms with Crippen molar-refractivity contribution in [1.82, 2.24) is 9.88 Å². The van der Waals surface area contributed by atoms with Gasteiger partial charge >= 0.3 is 0 Å². The Bertz CT molecular complexity index is 1310. The SMILES string of the molecule is CN(Nc1c(C(=O)N2CCC(c3ccc(F)cc3)CC2)cnc(S(N)(=O)=O)c1Cl)c1ccccc1. The molecule has 2 aromatic carbocycles. The number of pyridine rings is 1. The fraction of sp³-hybridized carbons (Fsp3) is 0.250. The number of amides is 1. The van der Waals surface area contributed by atoms with Gasteiger partial charge in [-0.15, -0.1) is 0 Å². The number of likely N-dealkylation sites (tertiary alicyclic amines) is 1. The summed E-state index contributed by atoms with van der Waals surface area (Å²) in [5.41, 5.74) is 5.05. The molecule has 0 aliphatic carbocycles. The quantitative estimate of drug-likeness (QED) is 0.478. The van der Waals surface area contributed by atoms with Gasteiger partial charge in [0.2, 0.25) is 0 Å². The number of aromatic nitrogens is 1. The van der Waals surface area contributed by atoms with E-state index in [1.165, 1.54) is 18.3 Å². The number of nitrogens with zero attached hydrogens (tertiary/aromatic N) is 3. The molecule has 0 radical (unpaired) electrons. The van der Waals surface area contributed by atoms with Gasteiger partial charge in [0, 0.05) is 26.3 Å². The molecule has 3 N–H and O–H groups in total. The van der Waals surface area contributed by atoms with E-state index in [0.29, 0.717) is 25.9 Å². The van der Waals surface area contributed by atoms with E-state index in [2.05, 4.69) is 10.4 Å². The average molecular weight is 518 g/mol. The number of benzene rings is 2. The number of nitrogens with one attached hydrogen (secondary N) is 1. The van der Waals surface area contributed by atoms with Crippen molar-refractivity contribution in [2.75, 3.05) is 30.6 Å². The van der Waals surface area contributed by atoms with Crippen LogP contribution >= 0.6 is 11.6 Å². The maximum atomic E-state index is 13.5. The van der Waals surface area contributed by atoms with Crippen LogP contribution in [-0.2, 0) is 10.0 Å². The number of carbonyl (C=O) groups is 1. The molecule has 4 rings (SSSR count). The lowest BCUT2D eigenvalue weighted by Gasteiger charge is -2.33. The molecular formula is C24H25ClFN5O3S. The van der Waals surface area contributed by atoms with Crippen molar-refractivity contribution in [3.63, 3.8) is 0 Å². The van der Waals surface area contributed by atoms with Crippen molar-refractivity contribution in [2.45, 2.75) is 23.8 Å². The van der Waals surface area contributed by atoms with Crippen molar-refractivity contribution in [3.8, 4) is 0 Å². The Labute approximate surface area is 208 Å². The third-order valence-corrected chi connectivity index (χ3v) is 7.36. The Kier molecular flexibility index (Phi) is 7.25. The number of piperidine rings is 1. The Morgan fingerprint density at radius 1 is 1.14 bits per heavy atom. The molecule has 184 valence electrons. The van der Waals surface area contributed by atoms with E-state index in [0.717, 1.165) is 11.3 Å². The molecule has 0 bridgehead atoms. The minimum absolute atomic E-state index is 0.0997. The van der Waals surface area contributed by atoms with E-state index in [1.807, 2.05) is 30.3 Å². The van der Waals surface area contributed by atoms with Gasteiger partial charge in [-0.1, -0.05) is 41.9 Å². The summed E-state index contributed by atoms with van der Waals surface area (Å²) in [5.74, 6) is -0.399. The fourth-order valence-corrected chi connectivity index (χ4v) is 5.21. The molecule has 1 amide bonds. The Balaban J connectivity index is 1.60. The van der Waals surface area contributed by atoms with Crippen LogP contribution < -0.4 is 15.6 Å². The molecule has 1 aliphatic rings. The molecule has 2 heterocycles. The monoisotopic (exact) mass is 517 g/mol. The first-order valence-corrected chi connectivity index (χ1v) is 12.9. The summed E-state index contributed by atoms with van der Waals surface area (Å²) in [5, 5.41) is 6.12. The number of hydrazine groups is 1. The second kappa shape index (κ2) is 10.2. The van der Waals surface area contributed by atoms with Crippen molar-refractivity contribution in [3.05, 3.63) is 82.8 Å². The lowest BCUT2D eigenvalue weighted by atomic mass is 9.89. The zero-order chi connectivity index (χ0) is 25.2. The number of halogens is 2. The predicted molar refractivity (Wildman–Crippen MR) is 133 cm³/mol. The summed E-state index contributed by atoms with van der Waals surface area (Å²) < 4.78 is 37.3. The minimum Gasteiger partial charge on any atom is -0.338 e. The van der Waals surface area contributed by atoms with Crippen LogP contribution in [0.5, 0.6) is 0 Å². The molecule has 8 nitrogen and oxygen atoms in total. The lowest BCUT2D eigenvalue weighted by Crippen LogP contribution is -2.39. The summed E-state index contributed by atoms with van der Waals surface area (Å²) in [4.78, 5) is 19.0. The molecule has 1 aliphatic heterocycles. The summed E-state index contributed by atoms with van der Waals surface area (Å²) >= 11 is 6.42. The standard InChI is InChI=1S/C24H25ClFN5O3S/c1-30(19-5-3-2-4-6-19)29-22-20(15-28-23(21(22)25)35(27,33)34)24(32)31-13-11-17(12-14-31)16-7-9-18(26)10-8-16/h2-10,15,17H,11-14H2,1H3,(H,28,29)(H2,27,33,34). The second-order valence-electron chi connectivity index (χ2n) is 8.34. The fourth-order valence-electron chi connectivity index (χ4n) is 4.14. The van der Waals surface area contributed by atoms with Crippen LogP contribution in [0.15, 0.2) is 65.8 Å². The number of hydrogen-bond acceptors (Lipinski definition) is 6. The van der Waals surface area contributed by atoms with Gasteiger partial charge < -0.3 is 4.90 Å². The van der Waals surface area contributed by atoms with E-state index >= 15 is 0 Å². The smallest absolute Gasteiger partial charge is 0.257 e. The lowest BCUT2D eigenvalue weighted by molar-refractivity contribution is 0.0713.